The van der Waals surface area contributed by atoms with Crippen LogP contribution in [0.15, 0.2) is 36.5 Å². The molecule has 2 heterocycles. The second kappa shape index (κ2) is 11.1. The highest BCUT2D eigenvalue weighted by Gasteiger charge is 2.16. The van der Waals surface area contributed by atoms with Gasteiger partial charge in [-0.05, 0) is 37.7 Å². The highest BCUT2D eigenvalue weighted by Crippen LogP contribution is 2.38. The molecule has 0 saturated carbocycles. The Morgan fingerprint density at radius 1 is 1.12 bits per heavy atom. The van der Waals surface area contributed by atoms with Gasteiger partial charge in [0.25, 0.3) is 0 Å². The average Bonchev–Trinajstić information content (AvgIpc) is 2.84. The van der Waals surface area contributed by atoms with Crippen molar-refractivity contribution in [3.05, 3.63) is 52.1 Å². The number of benzene rings is 2. The van der Waals surface area contributed by atoms with E-state index >= 15 is 0 Å². The van der Waals surface area contributed by atoms with Crippen LogP contribution >= 0.6 is 23.2 Å². The second-order valence-corrected chi connectivity index (χ2v) is 9.12. The number of likely N-dealkylation sites (N-methyl/N-ethyl adjacent to an activating group) is 1. The lowest BCUT2D eigenvalue weighted by Gasteiger charge is -2.32. The van der Waals surface area contributed by atoms with Crippen LogP contribution in [0, 0.1) is 11.3 Å². The Kier molecular flexibility index (Phi) is 7.96. The van der Waals surface area contributed by atoms with Crippen LogP contribution in [0.3, 0.4) is 0 Å². The first kappa shape index (κ1) is 24.4. The molecule has 0 aliphatic carbocycles. The number of fused-ring (bicyclic) bond motifs is 1. The first-order valence-corrected chi connectivity index (χ1v) is 11.9. The first-order chi connectivity index (χ1) is 16.5. The molecular formula is C25H27Cl2N5O2. The van der Waals surface area contributed by atoms with E-state index in [4.69, 9.17) is 32.7 Å². The molecule has 4 rings (SSSR count). The number of halogens is 2. The van der Waals surface area contributed by atoms with Crippen LogP contribution in [0.25, 0.3) is 10.9 Å². The van der Waals surface area contributed by atoms with Gasteiger partial charge in [0.05, 0.1) is 41.2 Å². The summed E-state index contributed by atoms with van der Waals surface area (Å²) in [4.78, 5) is 9.28. The predicted molar refractivity (Wildman–Crippen MR) is 137 cm³/mol. The Morgan fingerprint density at radius 2 is 1.91 bits per heavy atom. The van der Waals surface area contributed by atoms with Crippen molar-refractivity contribution in [2.24, 2.45) is 0 Å². The van der Waals surface area contributed by atoms with Crippen molar-refractivity contribution in [1.29, 1.82) is 5.26 Å². The van der Waals surface area contributed by atoms with Crippen LogP contribution < -0.4 is 14.8 Å². The Balaban J connectivity index is 1.54. The van der Waals surface area contributed by atoms with Crippen LogP contribution in [0.1, 0.15) is 12.0 Å². The minimum atomic E-state index is 0.390. The molecule has 0 spiro atoms. The molecule has 34 heavy (non-hydrogen) atoms. The molecule has 0 atom stereocenters. The van der Waals surface area contributed by atoms with Gasteiger partial charge in [-0.2, -0.15) is 5.26 Å². The summed E-state index contributed by atoms with van der Waals surface area (Å²) < 4.78 is 11.7. The molecule has 1 aliphatic heterocycles. The van der Waals surface area contributed by atoms with Gasteiger partial charge in [-0.15, -0.1) is 0 Å². The minimum absolute atomic E-state index is 0.390. The van der Waals surface area contributed by atoms with Gasteiger partial charge in [0.2, 0.25) is 0 Å². The lowest BCUT2D eigenvalue weighted by Crippen LogP contribution is -2.44. The zero-order valence-corrected chi connectivity index (χ0v) is 20.8. The van der Waals surface area contributed by atoms with E-state index in [1.54, 1.807) is 25.3 Å². The molecule has 9 heteroatoms. The third-order valence-corrected chi connectivity index (χ3v) is 6.48. The number of pyridine rings is 1. The Morgan fingerprint density at radius 3 is 2.62 bits per heavy atom. The summed E-state index contributed by atoms with van der Waals surface area (Å²) in [5.41, 5.74) is 2.30. The molecule has 3 aromatic rings. The number of piperazine rings is 1. The number of nitriles is 1. The molecule has 1 N–H and O–H groups in total. The van der Waals surface area contributed by atoms with Crippen LogP contribution in [0.2, 0.25) is 10.0 Å². The zero-order valence-electron chi connectivity index (χ0n) is 19.3. The van der Waals surface area contributed by atoms with Crippen molar-refractivity contribution in [2.75, 3.05) is 58.8 Å². The van der Waals surface area contributed by atoms with Gasteiger partial charge in [-0.25, -0.2) is 0 Å². The Hall–Kier alpha value is -2.76. The van der Waals surface area contributed by atoms with Gasteiger partial charge in [0.1, 0.15) is 6.07 Å². The van der Waals surface area contributed by atoms with Crippen LogP contribution in [0.5, 0.6) is 11.5 Å². The second-order valence-electron chi connectivity index (χ2n) is 8.27. The van der Waals surface area contributed by atoms with Crippen molar-refractivity contribution in [3.8, 4) is 17.6 Å². The molecule has 1 saturated heterocycles. The van der Waals surface area contributed by atoms with Gasteiger partial charge in [-0.3, -0.25) is 4.98 Å². The SMILES string of the molecule is COc1cc2c(Nc3ccc(Cl)cc3Cl)c(C#N)cnc2cc1OCCCN1CCN(C)CC1. The number of ether oxygens (including phenoxy) is 2. The molecule has 1 aromatic heterocycles. The zero-order chi connectivity index (χ0) is 24.1. The lowest BCUT2D eigenvalue weighted by atomic mass is 10.1. The summed E-state index contributed by atoms with van der Waals surface area (Å²) in [5, 5.41) is 14.6. The highest BCUT2D eigenvalue weighted by molar-refractivity contribution is 6.36. The topological polar surface area (TPSA) is 73.6 Å². The summed E-state index contributed by atoms with van der Waals surface area (Å²) >= 11 is 12.4. The average molecular weight is 500 g/mol. The molecule has 7 nitrogen and oxygen atoms in total. The molecule has 0 unspecified atom stereocenters. The molecule has 1 fully saturated rings. The molecule has 0 radical (unpaired) electrons. The van der Waals surface area contributed by atoms with Gasteiger partial charge in [-0.1, -0.05) is 23.2 Å². The maximum Gasteiger partial charge on any atom is 0.163 e. The summed E-state index contributed by atoms with van der Waals surface area (Å²) in [6, 6.07) is 11.0. The first-order valence-electron chi connectivity index (χ1n) is 11.1. The maximum atomic E-state index is 9.67. The summed E-state index contributed by atoms with van der Waals surface area (Å²) in [6.07, 6.45) is 2.46. The van der Waals surface area contributed by atoms with E-state index < -0.39 is 0 Å². The van der Waals surface area contributed by atoms with Crippen LogP contribution in [0.4, 0.5) is 11.4 Å². The smallest absolute Gasteiger partial charge is 0.163 e. The van der Waals surface area contributed by atoms with Crippen molar-refractivity contribution in [2.45, 2.75) is 6.42 Å². The molecule has 0 amide bonds. The standard InChI is InChI=1S/C25H27Cl2N5O2/c1-31-7-9-32(10-8-31)6-3-11-34-24-14-22-19(13-23(24)33-2)25(17(15-28)16-29-22)30-21-5-4-18(26)12-20(21)27/h4-5,12-14,16H,3,6-11H2,1-2H3,(H,29,30). The number of methoxy groups -OCH3 is 1. The predicted octanol–water partition coefficient (Wildman–Crippen LogP) is 5.18. The Labute approximate surface area is 209 Å². The number of rotatable bonds is 8. The van der Waals surface area contributed by atoms with E-state index in [-0.39, 0.29) is 0 Å². The summed E-state index contributed by atoms with van der Waals surface area (Å²) in [7, 11) is 3.76. The number of hydrogen-bond donors (Lipinski definition) is 1. The molecular weight excluding hydrogens is 473 g/mol. The maximum absolute atomic E-state index is 9.67. The summed E-state index contributed by atoms with van der Waals surface area (Å²) in [6.45, 7) is 5.97. The number of nitrogens with zero attached hydrogens (tertiary/aromatic N) is 4. The van der Waals surface area contributed by atoms with Gasteiger partial charge in [0, 0.05) is 55.4 Å². The van der Waals surface area contributed by atoms with Gasteiger partial charge in [0.15, 0.2) is 11.5 Å². The fourth-order valence-electron chi connectivity index (χ4n) is 3.96. The minimum Gasteiger partial charge on any atom is -0.493 e. The van der Waals surface area contributed by atoms with E-state index in [0.29, 0.717) is 50.6 Å². The van der Waals surface area contributed by atoms with Crippen molar-refractivity contribution in [3.63, 3.8) is 0 Å². The number of aromatic nitrogens is 1. The van der Waals surface area contributed by atoms with E-state index in [9.17, 15) is 5.26 Å². The number of nitrogens with one attached hydrogen (secondary N) is 1. The quantitative estimate of drug-likeness (QED) is 0.427. The van der Waals surface area contributed by atoms with E-state index in [1.807, 2.05) is 12.1 Å². The Bertz CT molecular complexity index is 1210. The van der Waals surface area contributed by atoms with Crippen LogP contribution in [-0.4, -0.2) is 68.3 Å². The third-order valence-electron chi connectivity index (χ3n) is 5.94. The highest BCUT2D eigenvalue weighted by atomic mass is 35.5. The van der Waals surface area contributed by atoms with E-state index in [0.717, 1.165) is 44.5 Å². The monoisotopic (exact) mass is 499 g/mol. The fraction of sp³-hybridized carbons (Fsp3) is 0.360. The fourth-order valence-corrected chi connectivity index (χ4v) is 4.41. The third kappa shape index (κ3) is 5.65. The van der Waals surface area contributed by atoms with Crippen molar-refractivity contribution < 1.29 is 9.47 Å². The largest absolute Gasteiger partial charge is 0.493 e. The van der Waals surface area contributed by atoms with E-state index in [1.165, 1.54) is 6.20 Å². The molecule has 2 aromatic carbocycles. The van der Waals surface area contributed by atoms with Gasteiger partial charge < -0.3 is 24.6 Å². The molecule has 178 valence electrons. The van der Waals surface area contributed by atoms with E-state index in [2.05, 4.69) is 33.2 Å². The number of anilines is 2. The normalized spacial score (nSPS) is 14.7. The number of hydrogen-bond acceptors (Lipinski definition) is 7. The van der Waals surface area contributed by atoms with Crippen LogP contribution in [-0.2, 0) is 0 Å². The molecule has 1 aliphatic rings. The van der Waals surface area contributed by atoms with Crippen molar-refractivity contribution in [1.82, 2.24) is 14.8 Å². The lowest BCUT2D eigenvalue weighted by molar-refractivity contribution is 0.145. The molecule has 0 bridgehead atoms. The van der Waals surface area contributed by atoms with Gasteiger partial charge >= 0.3 is 0 Å². The summed E-state index contributed by atoms with van der Waals surface area (Å²) in [5.74, 6) is 1.20. The van der Waals surface area contributed by atoms with Crippen molar-refractivity contribution >= 4 is 45.5 Å².